The van der Waals surface area contributed by atoms with E-state index in [1.54, 1.807) is 20.0 Å². The van der Waals surface area contributed by atoms with Crippen molar-refractivity contribution >= 4 is 29.4 Å². The Balaban J connectivity index is 1.06. The van der Waals surface area contributed by atoms with Crippen molar-refractivity contribution in [2.75, 3.05) is 43.6 Å². The average molecular weight is 697 g/mol. The second kappa shape index (κ2) is 17.5. The van der Waals surface area contributed by atoms with Gasteiger partial charge in [0.2, 0.25) is 0 Å². The van der Waals surface area contributed by atoms with Crippen LogP contribution in [0.3, 0.4) is 0 Å². The predicted molar refractivity (Wildman–Crippen MR) is 182 cm³/mol. The molecule has 1 aliphatic carbocycles. The maximum absolute atomic E-state index is 11.6. The molecule has 1 saturated carbocycles. The second-order valence-corrected chi connectivity index (χ2v) is 12.9. The molecule has 1 saturated heterocycles. The number of carbonyl (C=O) groups excluding carboxylic acids is 1. The van der Waals surface area contributed by atoms with E-state index in [1.807, 2.05) is 24.3 Å². The van der Waals surface area contributed by atoms with E-state index in [0.717, 1.165) is 42.8 Å². The lowest BCUT2D eigenvalue weighted by Crippen LogP contribution is -2.43. The van der Waals surface area contributed by atoms with Crippen molar-refractivity contribution in [1.82, 2.24) is 35.5 Å². The van der Waals surface area contributed by atoms with Gasteiger partial charge in [0.25, 0.3) is 0 Å². The fourth-order valence-electron chi connectivity index (χ4n) is 6.07. The molecular weight excluding hydrogens is 652 g/mol. The Morgan fingerprint density at radius 3 is 2.71 bits per heavy atom. The van der Waals surface area contributed by atoms with E-state index in [-0.39, 0.29) is 25.3 Å². The van der Waals surface area contributed by atoms with Gasteiger partial charge in [-0.05, 0) is 87.9 Å². The van der Waals surface area contributed by atoms with Crippen molar-refractivity contribution in [2.24, 2.45) is 5.41 Å². The highest BCUT2D eigenvalue weighted by molar-refractivity contribution is 6.33. The Labute approximate surface area is 291 Å². The highest BCUT2D eigenvalue weighted by Crippen LogP contribution is 2.32. The summed E-state index contributed by atoms with van der Waals surface area (Å²) < 4.78 is 22.7. The van der Waals surface area contributed by atoms with Gasteiger partial charge in [-0.25, -0.2) is 14.8 Å². The lowest BCUT2D eigenvalue weighted by atomic mass is 9.82. The van der Waals surface area contributed by atoms with Crippen LogP contribution in [0.15, 0.2) is 30.5 Å². The van der Waals surface area contributed by atoms with Gasteiger partial charge in [0.15, 0.2) is 12.1 Å². The molecule has 2 fully saturated rings. The van der Waals surface area contributed by atoms with Gasteiger partial charge in [-0.15, -0.1) is 5.10 Å². The molecule has 3 aromatic rings. The Bertz CT molecular complexity index is 1550. The van der Waals surface area contributed by atoms with Gasteiger partial charge in [-0.1, -0.05) is 17.7 Å². The van der Waals surface area contributed by atoms with E-state index in [9.17, 15) is 10.1 Å². The first-order chi connectivity index (χ1) is 23.8. The quantitative estimate of drug-likeness (QED) is 0.178. The van der Waals surface area contributed by atoms with Crippen LogP contribution in [0.1, 0.15) is 71.3 Å². The number of aromatic nitrogens is 6. The van der Waals surface area contributed by atoms with Crippen LogP contribution in [-0.4, -0.2) is 87.4 Å². The van der Waals surface area contributed by atoms with E-state index < -0.39 is 17.8 Å². The summed E-state index contributed by atoms with van der Waals surface area (Å²) in [6.45, 7) is 8.02. The smallest absolute Gasteiger partial charge is 0.435 e. The Morgan fingerprint density at radius 2 is 1.96 bits per heavy atom. The van der Waals surface area contributed by atoms with Gasteiger partial charge in [0.1, 0.15) is 18.2 Å². The summed E-state index contributed by atoms with van der Waals surface area (Å²) >= 11 is 6.59. The van der Waals surface area contributed by atoms with Gasteiger partial charge in [-0.3, -0.25) is 0 Å². The number of hydrogen-bond donors (Lipinski definition) is 3. The van der Waals surface area contributed by atoms with Crippen LogP contribution >= 0.6 is 11.6 Å². The largest absolute Gasteiger partial charge is 0.510 e. The zero-order valence-corrected chi connectivity index (χ0v) is 29.0. The monoisotopic (exact) mass is 696 g/mol. The number of nitrogens with one attached hydrogen (secondary N) is 3. The van der Waals surface area contributed by atoms with Crippen molar-refractivity contribution < 1.29 is 23.7 Å². The first-order valence-corrected chi connectivity index (χ1v) is 17.2. The molecule has 2 atom stereocenters. The zero-order valence-electron chi connectivity index (χ0n) is 28.2. The number of rotatable bonds is 15. The summed E-state index contributed by atoms with van der Waals surface area (Å²) in [7, 11) is 0. The third kappa shape index (κ3) is 10.2. The number of tetrazole rings is 1. The van der Waals surface area contributed by atoms with Gasteiger partial charge >= 0.3 is 6.16 Å². The summed E-state index contributed by atoms with van der Waals surface area (Å²) in [4.78, 5) is 21.0. The first-order valence-electron chi connectivity index (χ1n) is 16.8. The van der Waals surface area contributed by atoms with E-state index >= 15 is 0 Å². The number of pyridine rings is 2. The van der Waals surface area contributed by atoms with E-state index in [1.165, 1.54) is 4.68 Å². The molecule has 2 aliphatic rings. The van der Waals surface area contributed by atoms with E-state index in [0.29, 0.717) is 61.9 Å². The number of carbonyl (C=O) groups is 1. The van der Waals surface area contributed by atoms with E-state index in [2.05, 4.69) is 49.5 Å². The fourth-order valence-corrected chi connectivity index (χ4v) is 6.27. The minimum absolute atomic E-state index is 0.118. The van der Waals surface area contributed by atoms with Crippen LogP contribution in [0.4, 0.5) is 16.4 Å². The highest BCUT2D eigenvalue weighted by Gasteiger charge is 2.32. The van der Waals surface area contributed by atoms with Gasteiger partial charge < -0.3 is 34.9 Å². The zero-order chi connectivity index (χ0) is 34.6. The number of halogens is 1. The molecule has 16 heteroatoms. The lowest BCUT2D eigenvalue weighted by Gasteiger charge is -2.32. The fraction of sp³-hybridized carbons (Fsp3) is 0.606. The standard InChI is InChI=1S/C33H45ClN10O5/c1-4-48-32(45)49-23(3)44-31(41-42-43-44)19-47-18-22(2)38-24-8-10-25(11-9-24)39-30-16-26(27(34)17-36-30)28-6-5-7-29(40-28)37-21-33(20-35)12-14-46-15-13-33/h5-7,16-17,22-25,38H,4,8-15,18-19,21H2,1-3H3,(H,36,39)(H,37,40)/t22-,23-,24-,25-/m0/s1. The molecule has 15 nitrogen and oxygen atoms in total. The predicted octanol–water partition coefficient (Wildman–Crippen LogP) is 5.13. The summed E-state index contributed by atoms with van der Waals surface area (Å²) in [5, 5.41) is 32.5. The summed E-state index contributed by atoms with van der Waals surface area (Å²) in [5.41, 5.74) is 1.08. The molecule has 0 aromatic carbocycles. The average Bonchev–Trinajstić information content (AvgIpc) is 3.58. The summed E-state index contributed by atoms with van der Waals surface area (Å²) in [6, 6.07) is 11.0. The highest BCUT2D eigenvalue weighted by atomic mass is 35.5. The number of anilines is 2. The van der Waals surface area contributed by atoms with Gasteiger partial charge in [0, 0.05) is 49.6 Å². The maximum Gasteiger partial charge on any atom is 0.510 e. The second-order valence-electron chi connectivity index (χ2n) is 12.5. The molecular formula is C33H45ClN10O5. The van der Waals surface area contributed by atoms with Crippen molar-refractivity contribution in [3.63, 3.8) is 0 Å². The first kappa shape index (κ1) is 36.2. The molecule has 3 N–H and O–H groups in total. The molecule has 4 heterocycles. The number of nitriles is 1. The molecule has 3 aromatic heterocycles. The van der Waals surface area contributed by atoms with Crippen LogP contribution < -0.4 is 16.0 Å². The van der Waals surface area contributed by atoms with Crippen molar-refractivity contribution in [3.8, 4) is 17.3 Å². The number of nitrogens with zero attached hydrogens (tertiary/aromatic N) is 7. The third-order valence-corrected chi connectivity index (χ3v) is 9.11. The van der Waals surface area contributed by atoms with Gasteiger partial charge in [-0.2, -0.15) is 9.94 Å². The normalized spacial score (nSPS) is 20.1. The SMILES string of the molecule is CCOC(=O)O[C@@H](C)n1nnnc1COC[C@H](C)N[C@H]1CC[C@H](Nc2cc(-c3cccc(NCC4(C#N)CCOCC4)n3)c(Cl)cn2)CC1. The minimum atomic E-state index is -0.779. The third-order valence-electron chi connectivity index (χ3n) is 8.81. The van der Waals surface area contributed by atoms with Crippen LogP contribution in [-0.2, 0) is 25.6 Å². The molecule has 0 spiro atoms. The number of hydrogen-bond acceptors (Lipinski definition) is 14. The van der Waals surface area contributed by atoms with Gasteiger partial charge in [0.05, 0.1) is 35.4 Å². The van der Waals surface area contributed by atoms with E-state index in [4.69, 9.17) is 35.5 Å². The van der Waals surface area contributed by atoms with Crippen molar-refractivity contribution in [2.45, 2.75) is 90.3 Å². The Hall–Kier alpha value is -4.10. The molecule has 5 rings (SSSR count). The minimum Gasteiger partial charge on any atom is -0.435 e. The molecule has 1 aliphatic heterocycles. The molecule has 0 unspecified atom stereocenters. The number of ether oxygens (including phenoxy) is 4. The van der Waals surface area contributed by atoms with Crippen molar-refractivity contribution in [1.29, 1.82) is 5.26 Å². The van der Waals surface area contributed by atoms with Crippen LogP contribution in [0.2, 0.25) is 5.02 Å². The molecule has 0 bridgehead atoms. The Morgan fingerprint density at radius 1 is 1.18 bits per heavy atom. The summed E-state index contributed by atoms with van der Waals surface area (Å²) in [6.07, 6.45) is 5.56. The maximum atomic E-state index is 11.6. The molecule has 49 heavy (non-hydrogen) atoms. The van der Waals surface area contributed by atoms with Crippen molar-refractivity contribution in [3.05, 3.63) is 41.3 Å². The molecule has 264 valence electrons. The van der Waals surface area contributed by atoms with Crippen LogP contribution in [0.5, 0.6) is 0 Å². The summed E-state index contributed by atoms with van der Waals surface area (Å²) in [5.74, 6) is 1.91. The molecule has 0 radical (unpaired) electrons. The topological polar surface area (TPSA) is 183 Å². The van der Waals surface area contributed by atoms with Crippen LogP contribution in [0.25, 0.3) is 11.3 Å². The van der Waals surface area contributed by atoms with Crippen LogP contribution in [0, 0.1) is 16.7 Å². The lowest BCUT2D eigenvalue weighted by molar-refractivity contribution is -0.00389. The Kier molecular flexibility index (Phi) is 12.9. The molecule has 0 amide bonds.